The fourth-order valence-electron chi connectivity index (χ4n) is 7.21. The molecular formula is C39H38BrF3N8O3. The van der Waals surface area contributed by atoms with E-state index in [4.69, 9.17) is 0 Å². The van der Waals surface area contributed by atoms with Crippen LogP contribution in [0.5, 0.6) is 0 Å². The first-order valence-corrected chi connectivity index (χ1v) is 18.3. The Bertz CT molecular complexity index is 2260. The zero-order valence-electron chi connectivity index (χ0n) is 29.8. The summed E-state index contributed by atoms with van der Waals surface area (Å²) in [4.78, 5) is 55.6. The molecule has 2 aliphatic heterocycles. The second kappa shape index (κ2) is 14.9. The lowest BCUT2D eigenvalue weighted by atomic mass is 10.0. The molecule has 2 aliphatic rings. The number of likely N-dealkylation sites (N-methyl/N-ethyl adjacent to an activating group) is 1. The largest absolute Gasteiger partial charge is 0.405 e. The normalized spacial score (nSPS) is 17.7. The first-order valence-electron chi connectivity index (χ1n) is 17.5. The van der Waals surface area contributed by atoms with Crippen molar-refractivity contribution in [2.24, 2.45) is 0 Å². The Kier molecular flexibility index (Phi) is 10.2. The number of halogens is 4. The Morgan fingerprint density at radius 2 is 1.72 bits per heavy atom. The Labute approximate surface area is 318 Å². The molecule has 0 aliphatic carbocycles. The zero-order valence-corrected chi connectivity index (χ0v) is 31.4. The van der Waals surface area contributed by atoms with Crippen LogP contribution in [0.2, 0.25) is 0 Å². The third-order valence-electron chi connectivity index (χ3n) is 10.2. The van der Waals surface area contributed by atoms with Crippen molar-refractivity contribution in [2.45, 2.75) is 51.7 Å². The molecule has 5 aromatic rings. The van der Waals surface area contributed by atoms with Crippen molar-refractivity contribution < 1.29 is 22.8 Å². The number of imidazole rings is 1. The fourth-order valence-corrected chi connectivity index (χ4v) is 7.46. The van der Waals surface area contributed by atoms with Crippen molar-refractivity contribution in [3.05, 3.63) is 128 Å². The fraction of sp³-hybridized carbons (Fsp3) is 0.308. The SMILES string of the molecule is Cc1cc(C(=O)N2Cc3c(C(=O)NCc4ccccc4-c4ccncn4)n(-c4ccc(N5CCN(C)[C@H](C(F)(F)F)C5)cc4)c(=O)n3CC2C)ccc1Br. The number of aryl methyl sites for hydroxylation is 1. The van der Waals surface area contributed by atoms with Crippen molar-refractivity contribution >= 4 is 33.4 Å². The van der Waals surface area contributed by atoms with Gasteiger partial charge in [0.1, 0.15) is 18.1 Å². The van der Waals surface area contributed by atoms with Crippen LogP contribution in [-0.2, 0) is 19.6 Å². The summed E-state index contributed by atoms with van der Waals surface area (Å²) >= 11 is 3.49. The van der Waals surface area contributed by atoms with Gasteiger partial charge in [0.2, 0.25) is 0 Å². The number of carbonyl (C=O) groups excluding carboxylic acids is 2. The average molecular weight is 804 g/mol. The van der Waals surface area contributed by atoms with Crippen LogP contribution < -0.4 is 15.9 Å². The molecule has 3 aromatic carbocycles. The number of piperazine rings is 1. The predicted octanol–water partition coefficient (Wildman–Crippen LogP) is 5.82. The van der Waals surface area contributed by atoms with Crippen LogP contribution in [0.25, 0.3) is 16.9 Å². The Morgan fingerprint density at radius 1 is 0.981 bits per heavy atom. The second-order valence-electron chi connectivity index (χ2n) is 13.7. The van der Waals surface area contributed by atoms with Gasteiger partial charge in [0.05, 0.1) is 23.6 Å². The van der Waals surface area contributed by atoms with Crippen LogP contribution in [0.3, 0.4) is 0 Å². The highest BCUT2D eigenvalue weighted by Gasteiger charge is 2.45. The molecule has 2 atom stereocenters. The molecular weight excluding hydrogens is 765 g/mol. The van der Waals surface area contributed by atoms with Crippen LogP contribution in [0, 0.1) is 6.92 Å². The molecule has 0 bridgehead atoms. The summed E-state index contributed by atoms with van der Waals surface area (Å²) in [6, 6.07) is 19.3. The number of fused-ring (bicyclic) bond motifs is 1. The molecule has 11 nitrogen and oxygen atoms in total. The number of nitrogens with zero attached hydrogens (tertiary/aromatic N) is 7. The minimum absolute atomic E-state index is 0.00413. The monoisotopic (exact) mass is 802 g/mol. The quantitative estimate of drug-likeness (QED) is 0.221. The van der Waals surface area contributed by atoms with E-state index in [2.05, 4.69) is 31.2 Å². The number of alkyl halides is 3. The minimum atomic E-state index is -4.38. The Morgan fingerprint density at radius 3 is 2.43 bits per heavy atom. The van der Waals surface area contributed by atoms with Crippen molar-refractivity contribution in [2.75, 3.05) is 31.6 Å². The topological polar surface area (TPSA) is 109 Å². The van der Waals surface area contributed by atoms with Gasteiger partial charge in [-0.15, -0.1) is 0 Å². The number of benzene rings is 3. The molecule has 1 saturated heterocycles. The summed E-state index contributed by atoms with van der Waals surface area (Å²) in [6.07, 6.45) is -1.30. The highest BCUT2D eigenvalue weighted by Crippen LogP contribution is 2.31. The van der Waals surface area contributed by atoms with Crippen LogP contribution in [0.4, 0.5) is 18.9 Å². The second-order valence-corrected chi connectivity index (χ2v) is 14.6. The molecule has 2 amide bonds. The maximum absolute atomic E-state index is 14.4. The molecule has 0 saturated carbocycles. The average Bonchev–Trinajstić information content (AvgIpc) is 3.45. The lowest BCUT2D eigenvalue weighted by molar-refractivity contribution is -0.180. The van der Waals surface area contributed by atoms with E-state index in [1.165, 1.54) is 27.4 Å². The highest BCUT2D eigenvalue weighted by atomic mass is 79.9. The third kappa shape index (κ3) is 7.17. The van der Waals surface area contributed by atoms with Crippen LogP contribution in [-0.4, -0.2) is 85.7 Å². The van der Waals surface area contributed by atoms with E-state index in [1.807, 2.05) is 44.2 Å². The van der Waals surface area contributed by atoms with Gasteiger partial charge in [-0.1, -0.05) is 40.2 Å². The van der Waals surface area contributed by atoms with E-state index in [-0.39, 0.29) is 50.4 Å². The van der Waals surface area contributed by atoms with Gasteiger partial charge in [0, 0.05) is 66.2 Å². The maximum Gasteiger partial charge on any atom is 0.405 e. The summed E-state index contributed by atoms with van der Waals surface area (Å²) in [5.74, 6) is -0.765. The van der Waals surface area contributed by atoms with Gasteiger partial charge in [0.15, 0.2) is 0 Å². The minimum Gasteiger partial charge on any atom is -0.368 e. The lowest BCUT2D eigenvalue weighted by Crippen LogP contribution is -2.57. The van der Waals surface area contributed by atoms with Crippen molar-refractivity contribution in [3.63, 3.8) is 0 Å². The standard InChI is InChI=1S/C39H38BrF3N8O3/c1-24-18-26(8-13-31(24)40)37(53)49-21-33-35(36(52)45-19-27-6-4-5-7-30(27)32-14-15-44-23-46-32)51(38(54)50(33)20-25(49)2)29-11-9-28(10-12-29)48-17-16-47(3)34(22-48)39(41,42)43/h4-15,18,23,25,34H,16-17,19-22H2,1-3H3,(H,45,52)/t25?,34-/m0/s1. The number of nitrogens with one attached hydrogen (secondary N) is 1. The van der Waals surface area contributed by atoms with Crippen LogP contribution >= 0.6 is 15.9 Å². The molecule has 1 N–H and O–H groups in total. The third-order valence-corrected chi connectivity index (χ3v) is 11.1. The molecule has 0 spiro atoms. The molecule has 0 radical (unpaired) electrons. The van der Waals surface area contributed by atoms with Crippen LogP contribution in [0.1, 0.15) is 44.6 Å². The summed E-state index contributed by atoms with van der Waals surface area (Å²) in [5.41, 5.74) is 4.57. The molecule has 4 heterocycles. The summed E-state index contributed by atoms with van der Waals surface area (Å²) in [7, 11) is 1.47. The number of aromatic nitrogens is 4. The number of rotatable bonds is 7. The van der Waals surface area contributed by atoms with E-state index in [0.29, 0.717) is 34.9 Å². The van der Waals surface area contributed by atoms with E-state index in [9.17, 15) is 27.6 Å². The van der Waals surface area contributed by atoms with Gasteiger partial charge >= 0.3 is 11.9 Å². The van der Waals surface area contributed by atoms with E-state index in [0.717, 1.165) is 21.2 Å². The van der Waals surface area contributed by atoms with E-state index >= 15 is 0 Å². The Balaban J connectivity index is 1.25. The number of hydrogen-bond acceptors (Lipinski definition) is 7. The van der Waals surface area contributed by atoms with Crippen LogP contribution in [0.15, 0.2) is 94.6 Å². The number of anilines is 1. The molecule has 280 valence electrons. The molecule has 15 heteroatoms. The number of amides is 2. The smallest absolute Gasteiger partial charge is 0.368 e. The molecule has 2 aromatic heterocycles. The Hall–Kier alpha value is -5.28. The van der Waals surface area contributed by atoms with Gasteiger partial charge < -0.3 is 15.1 Å². The van der Waals surface area contributed by atoms with Gasteiger partial charge in [-0.05, 0) is 80.6 Å². The van der Waals surface area contributed by atoms with Gasteiger partial charge in [-0.3, -0.25) is 23.6 Å². The number of carbonyl (C=O) groups is 2. The molecule has 7 rings (SSSR count). The highest BCUT2D eigenvalue weighted by molar-refractivity contribution is 9.10. The van der Waals surface area contributed by atoms with Crippen molar-refractivity contribution in [1.82, 2.24) is 34.2 Å². The maximum atomic E-state index is 14.4. The van der Waals surface area contributed by atoms with Gasteiger partial charge in [-0.25, -0.2) is 14.8 Å². The lowest BCUT2D eigenvalue weighted by Gasteiger charge is -2.41. The molecule has 54 heavy (non-hydrogen) atoms. The van der Waals surface area contributed by atoms with Crippen molar-refractivity contribution in [1.29, 1.82) is 0 Å². The number of hydrogen-bond donors (Lipinski definition) is 1. The summed E-state index contributed by atoms with van der Waals surface area (Å²) in [6.45, 7) is 4.41. The zero-order chi connectivity index (χ0) is 38.3. The van der Waals surface area contributed by atoms with Gasteiger partial charge in [0.25, 0.3) is 11.8 Å². The van der Waals surface area contributed by atoms with Gasteiger partial charge in [-0.2, -0.15) is 13.2 Å². The molecule has 1 fully saturated rings. The summed E-state index contributed by atoms with van der Waals surface area (Å²) in [5, 5.41) is 3.00. The predicted molar refractivity (Wildman–Crippen MR) is 202 cm³/mol. The first kappa shape index (κ1) is 37.1. The van der Waals surface area contributed by atoms with E-state index < -0.39 is 23.8 Å². The van der Waals surface area contributed by atoms with E-state index in [1.54, 1.807) is 58.5 Å². The van der Waals surface area contributed by atoms with Crippen molar-refractivity contribution in [3.8, 4) is 16.9 Å². The summed E-state index contributed by atoms with van der Waals surface area (Å²) < 4.78 is 45.1. The molecule has 1 unspecified atom stereocenters. The first-order chi connectivity index (χ1) is 25.8.